The third-order valence-electron chi connectivity index (χ3n) is 4.35. The van der Waals surface area contributed by atoms with Gasteiger partial charge in [0.1, 0.15) is 0 Å². The van der Waals surface area contributed by atoms with Crippen LogP contribution >= 0.6 is 0 Å². The van der Waals surface area contributed by atoms with Crippen molar-refractivity contribution in [2.45, 2.75) is 57.7 Å². The molecule has 1 saturated heterocycles. The number of hydrogen-bond acceptors (Lipinski definition) is 1. The van der Waals surface area contributed by atoms with Gasteiger partial charge in [-0.15, -0.1) is 0 Å². The predicted molar refractivity (Wildman–Crippen MR) is 52.5 cm³/mol. The first-order valence-electron chi connectivity index (χ1n) is 6.04. The van der Waals surface area contributed by atoms with Gasteiger partial charge in [-0.05, 0) is 49.9 Å². The van der Waals surface area contributed by atoms with E-state index in [1.807, 2.05) is 0 Å². The highest BCUT2D eigenvalue weighted by Crippen LogP contribution is 2.49. The van der Waals surface area contributed by atoms with E-state index >= 15 is 0 Å². The summed E-state index contributed by atoms with van der Waals surface area (Å²) >= 11 is 0. The third-order valence-corrected chi connectivity index (χ3v) is 4.35. The summed E-state index contributed by atoms with van der Waals surface area (Å²) in [6.45, 7) is 2.38. The van der Waals surface area contributed by atoms with Crippen molar-refractivity contribution in [3.05, 3.63) is 0 Å². The van der Waals surface area contributed by atoms with Crippen LogP contribution in [-0.4, -0.2) is 12.2 Å². The smallest absolute Gasteiger partial charge is 0.0844 e. The molecular weight excluding hydrogens is 160 g/mol. The van der Waals surface area contributed by atoms with Crippen LogP contribution in [0.3, 0.4) is 0 Å². The quantitative estimate of drug-likeness (QED) is 0.608. The van der Waals surface area contributed by atoms with Crippen molar-refractivity contribution in [2.75, 3.05) is 0 Å². The minimum atomic E-state index is 0.687. The van der Waals surface area contributed by atoms with Gasteiger partial charge >= 0.3 is 0 Å². The molecule has 1 aliphatic heterocycles. The summed E-state index contributed by atoms with van der Waals surface area (Å²) in [7, 11) is 0. The van der Waals surface area contributed by atoms with Gasteiger partial charge in [0.2, 0.25) is 0 Å². The lowest BCUT2D eigenvalue weighted by Gasteiger charge is -2.27. The molecule has 1 heterocycles. The van der Waals surface area contributed by atoms with Crippen molar-refractivity contribution in [3.8, 4) is 0 Å². The minimum Gasteiger partial charge on any atom is -0.370 e. The molecule has 0 spiro atoms. The molecule has 3 fully saturated rings. The molecule has 4 atom stereocenters. The van der Waals surface area contributed by atoms with E-state index in [9.17, 15) is 0 Å². The van der Waals surface area contributed by atoms with Crippen LogP contribution in [0.15, 0.2) is 0 Å². The minimum absolute atomic E-state index is 0.687. The van der Waals surface area contributed by atoms with Gasteiger partial charge in [0.25, 0.3) is 0 Å². The monoisotopic (exact) mass is 180 g/mol. The number of ether oxygens (including phenoxy) is 1. The number of fused-ring (bicyclic) bond motifs is 1. The first-order chi connectivity index (χ1) is 6.38. The molecule has 1 nitrogen and oxygen atoms in total. The lowest BCUT2D eigenvalue weighted by atomic mass is 9.76. The van der Waals surface area contributed by atoms with Gasteiger partial charge in [0.15, 0.2) is 0 Å². The molecule has 3 aliphatic rings. The maximum atomic E-state index is 5.60. The Hall–Kier alpha value is -0.0400. The molecule has 2 saturated carbocycles. The van der Waals surface area contributed by atoms with Crippen molar-refractivity contribution in [3.63, 3.8) is 0 Å². The standard InChI is InChI=1S/C12H20O/c1-2-10(8-3-4-8)9-5-6-11-12(7-9)13-11/h8-12H,2-7H2,1H3. The first kappa shape index (κ1) is 8.28. The van der Waals surface area contributed by atoms with E-state index in [0.29, 0.717) is 12.2 Å². The molecule has 0 amide bonds. The molecule has 0 aromatic rings. The van der Waals surface area contributed by atoms with Gasteiger partial charge in [-0.25, -0.2) is 0 Å². The Balaban J connectivity index is 1.61. The van der Waals surface area contributed by atoms with Crippen LogP contribution < -0.4 is 0 Å². The Labute approximate surface area is 80.8 Å². The molecule has 74 valence electrons. The van der Waals surface area contributed by atoms with E-state index < -0.39 is 0 Å². The number of epoxide rings is 1. The highest BCUT2D eigenvalue weighted by Gasteiger charge is 2.47. The second kappa shape index (κ2) is 2.98. The molecule has 0 N–H and O–H groups in total. The lowest BCUT2D eigenvalue weighted by Crippen LogP contribution is -2.22. The average molecular weight is 180 g/mol. The van der Waals surface area contributed by atoms with Crippen LogP contribution in [0, 0.1) is 17.8 Å². The third kappa shape index (κ3) is 1.52. The van der Waals surface area contributed by atoms with Crippen LogP contribution in [0.25, 0.3) is 0 Å². The van der Waals surface area contributed by atoms with Crippen molar-refractivity contribution in [2.24, 2.45) is 17.8 Å². The fourth-order valence-corrected chi connectivity index (χ4v) is 3.40. The highest BCUT2D eigenvalue weighted by atomic mass is 16.6. The van der Waals surface area contributed by atoms with Gasteiger partial charge in [-0.3, -0.25) is 0 Å². The Bertz CT molecular complexity index is 197. The fraction of sp³-hybridized carbons (Fsp3) is 1.00. The normalized spacial score (nSPS) is 45.5. The molecule has 4 unspecified atom stereocenters. The van der Waals surface area contributed by atoms with Crippen LogP contribution in [0.4, 0.5) is 0 Å². The van der Waals surface area contributed by atoms with Gasteiger partial charge in [0, 0.05) is 0 Å². The Morgan fingerprint density at radius 3 is 2.46 bits per heavy atom. The average Bonchev–Trinajstić information content (AvgIpc) is 2.99. The van der Waals surface area contributed by atoms with E-state index in [4.69, 9.17) is 4.74 Å². The molecule has 3 rings (SSSR count). The van der Waals surface area contributed by atoms with Gasteiger partial charge in [0.05, 0.1) is 12.2 Å². The predicted octanol–water partition coefficient (Wildman–Crippen LogP) is 2.99. The summed E-state index contributed by atoms with van der Waals surface area (Å²) in [6.07, 6.45) is 10.0. The molecule has 0 radical (unpaired) electrons. The molecule has 1 heteroatoms. The number of rotatable bonds is 3. The summed E-state index contributed by atoms with van der Waals surface area (Å²) in [5.41, 5.74) is 0. The van der Waals surface area contributed by atoms with E-state index in [2.05, 4.69) is 6.92 Å². The SMILES string of the molecule is CCC(C1CC1)C1CCC2OC2C1. The Kier molecular flexibility index (Phi) is 1.90. The summed E-state index contributed by atoms with van der Waals surface area (Å²) in [4.78, 5) is 0. The first-order valence-corrected chi connectivity index (χ1v) is 6.04. The molecule has 0 aromatic carbocycles. The summed E-state index contributed by atoms with van der Waals surface area (Å²) in [5, 5.41) is 0. The largest absolute Gasteiger partial charge is 0.370 e. The maximum Gasteiger partial charge on any atom is 0.0844 e. The second-order valence-electron chi connectivity index (χ2n) is 5.20. The highest BCUT2D eigenvalue weighted by molar-refractivity contribution is 4.96. The zero-order valence-electron chi connectivity index (χ0n) is 8.54. The molecular formula is C12H20O. The van der Waals surface area contributed by atoms with Crippen LogP contribution in [0.5, 0.6) is 0 Å². The van der Waals surface area contributed by atoms with Crippen molar-refractivity contribution in [1.82, 2.24) is 0 Å². The lowest BCUT2D eigenvalue weighted by molar-refractivity contribution is 0.230. The van der Waals surface area contributed by atoms with Crippen molar-refractivity contribution in [1.29, 1.82) is 0 Å². The summed E-state index contributed by atoms with van der Waals surface area (Å²) < 4.78 is 5.60. The molecule has 13 heavy (non-hydrogen) atoms. The zero-order valence-corrected chi connectivity index (χ0v) is 8.54. The topological polar surface area (TPSA) is 12.5 Å². The van der Waals surface area contributed by atoms with Gasteiger partial charge in [-0.2, -0.15) is 0 Å². The second-order valence-corrected chi connectivity index (χ2v) is 5.20. The zero-order chi connectivity index (χ0) is 8.84. The van der Waals surface area contributed by atoms with Crippen LogP contribution in [-0.2, 0) is 4.74 Å². The summed E-state index contributed by atoms with van der Waals surface area (Å²) in [6, 6.07) is 0. The van der Waals surface area contributed by atoms with E-state index in [-0.39, 0.29) is 0 Å². The van der Waals surface area contributed by atoms with Gasteiger partial charge in [-0.1, -0.05) is 13.3 Å². The molecule has 0 aromatic heterocycles. The Morgan fingerprint density at radius 2 is 1.85 bits per heavy atom. The number of hydrogen-bond donors (Lipinski definition) is 0. The van der Waals surface area contributed by atoms with E-state index in [1.165, 1.54) is 38.5 Å². The van der Waals surface area contributed by atoms with E-state index in [0.717, 1.165) is 17.8 Å². The van der Waals surface area contributed by atoms with Gasteiger partial charge < -0.3 is 4.74 Å². The van der Waals surface area contributed by atoms with Crippen LogP contribution in [0.1, 0.15) is 45.4 Å². The molecule has 2 aliphatic carbocycles. The maximum absolute atomic E-state index is 5.60. The Morgan fingerprint density at radius 1 is 1.08 bits per heavy atom. The molecule has 0 bridgehead atoms. The van der Waals surface area contributed by atoms with Crippen LogP contribution in [0.2, 0.25) is 0 Å². The summed E-state index contributed by atoms with van der Waals surface area (Å²) in [5.74, 6) is 3.16. The van der Waals surface area contributed by atoms with E-state index in [1.54, 1.807) is 0 Å². The fourth-order valence-electron chi connectivity index (χ4n) is 3.40. The van der Waals surface area contributed by atoms with Crippen molar-refractivity contribution < 1.29 is 4.74 Å². The van der Waals surface area contributed by atoms with Crippen molar-refractivity contribution >= 4 is 0 Å².